The average Bonchev–Trinajstić information content (AvgIpc) is 2.42. The normalized spacial score (nSPS) is 11.2. The molecule has 0 saturated carbocycles. The van der Waals surface area contributed by atoms with E-state index in [0.717, 1.165) is 0 Å². The molecule has 0 spiro atoms. The molecule has 1 rings (SSSR count). The first kappa shape index (κ1) is 13.1. The van der Waals surface area contributed by atoms with E-state index < -0.39 is 17.4 Å². The van der Waals surface area contributed by atoms with E-state index in [9.17, 15) is 9.59 Å². The molecule has 0 fully saturated rings. The fraction of sp³-hybridized carbons (Fsp3) is 0.600. The highest BCUT2D eigenvalue weighted by Gasteiger charge is 2.15. The van der Waals surface area contributed by atoms with Gasteiger partial charge < -0.3 is 15.2 Å². The van der Waals surface area contributed by atoms with Gasteiger partial charge in [0.15, 0.2) is 0 Å². The van der Waals surface area contributed by atoms with Crippen molar-refractivity contribution in [2.24, 2.45) is 0 Å². The number of hydrogen-bond donors (Lipinski definition) is 3. The SMILES string of the molecule is CC(C)(C)OC(=O)NCCn1cc(O)[nH]c1=O. The number of aromatic hydroxyl groups is 1. The van der Waals surface area contributed by atoms with Gasteiger partial charge in [-0.15, -0.1) is 0 Å². The number of rotatable bonds is 3. The van der Waals surface area contributed by atoms with Crippen molar-refractivity contribution in [3.05, 3.63) is 16.7 Å². The van der Waals surface area contributed by atoms with E-state index in [2.05, 4.69) is 10.3 Å². The third kappa shape index (κ3) is 4.62. The molecule has 0 radical (unpaired) electrons. The van der Waals surface area contributed by atoms with E-state index in [1.54, 1.807) is 20.8 Å². The fourth-order valence-electron chi connectivity index (χ4n) is 1.18. The van der Waals surface area contributed by atoms with Crippen LogP contribution in [-0.4, -0.2) is 32.9 Å². The zero-order valence-electron chi connectivity index (χ0n) is 10.1. The van der Waals surface area contributed by atoms with Gasteiger partial charge in [-0.25, -0.2) is 9.59 Å². The van der Waals surface area contributed by atoms with Crippen LogP contribution in [0.2, 0.25) is 0 Å². The number of alkyl carbamates (subject to hydrolysis) is 1. The molecule has 0 aliphatic carbocycles. The van der Waals surface area contributed by atoms with Crippen molar-refractivity contribution in [3.63, 3.8) is 0 Å². The number of nitrogens with zero attached hydrogens (tertiary/aromatic N) is 1. The number of imidazole rings is 1. The first-order valence-corrected chi connectivity index (χ1v) is 5.23. The lowest BCUT2D eigenvalue weighted by atomic mass is 10.2. The van der Waals surface area contributed by atoms with E-state index in [-0.39, 0.29) is 19.0 Å². The Morgan fingerprint density at radius 3 is 2.71 bits per heavy atom. The molecule has 1 heterocycles. The quantitative estimate of drug-likeness (QED) is 0.716. The maximum absolute atomic E-state index is 11.3. The van der Waals surface area contributed by atoms with Crippen LogP contribution in [0.15, 0.2) is 11.0 Å². The minimum atomic E-state index is -0.548. The van der Waals surface area contributed by atoms with E-state index in [1.807, 2.05) is 0 Å². The molecule has 17 heavy (non-hydrogen) atoms. The van der Waals surface area contributed by atoms with E-state index in [0.29, 0.717) is 0 Å². The molecule has 0 aliphatic rings. The lowest BCUT2D eigenvalue weighted by Crippen LogP contribution is -2.35. The van der Waals surface area contributed by atoms with Crippen LogP contribution in [0.1, 0.15) is 20.8 Å². The number of carbonyl (C=O) groups excluding carboxylic acids is 1. The molecule has 7 heteroatoms. The zero-order valence-corrected chi connectivity index (χ0v) is 10.1. The molecule has 0 aromatic carbocycles. The third-order valence-electron chi connectivity index (χ3n) is 1.79. The number of hydrogen-bond acceptors (Lipinski definition) is 4. The number of H-pyrrole nitrogens is 1. The summed E-state index contributed by atoms with van der Waals surface area (Å²) in [6, 6.07) is 0. The van der Waals surface area contributed by atoms with Crippen molar-refractivity contribution >= 4 is 6.09 Å². The predicted octanol–water partition coefficient (Wildman–Crippen LogP) is 0.407. The summed E-state index contributed by atoms with van der Waals surface area (Å²) in [5.41, 5.74) is -0.971. The number of aromatic nitrogens is 2. The van der Waals surface area contributed by atoms with Gasteiger partial charge in [0, 0.05) is 13.1 Å². The van der Waals surface area contributed by atoms with Crippen molar-refractivity contribution in [1.82, 2.24) is 14.9 Å². The minimum absolute atomic E-state index is 0.202. The van der Waals surface area contributed by atoms with Crippen LogP contribution in [0.25, 0.3) is 0 Å². The summed E-state index contributed by atoms with van der Waals surface area (Å²) >= 11 is 0. The first-order valence-electron chi connectivity index (χ1n) is 5.23. The number of nitrogens with one attached hydrogen (secondary N) is 2. The molecule has 0 atom stereocenters. The summed E-state index contributed by atoms with van der Waals surface area (Å²) in [5.74, 6) is -0.202. The second kappa shape index (κ2) is 4.94. The highest BCUT2D eigenvalue weighted by atomic mass is 16.6. The van der Waals surface area contributed by atoms with E-state index >= 15 is 0 Å². The Hall–Kier alpha value is -1.92. The molecular formula is C10H17N3O4. The number of ether oxygens (including phenoxy) is 1. The van der Waals surface area contributed by atoms with Crippen molar-refractivity contribution in [3.8, 4) is 5.88 Å². The Labute approximate surface area is 98.4 Å². The zero-order chi connectivity index (χ0) is 13.1. The molecule has 1 aromatic heterocycles. The number of amides is 1. The standard InChI is InChI=1S/C10H17N3O4/c1-10(2,3)17-9(16)11-4-5-13-6-7(14)12-8(13)15/h6,14H,4-5H2,1-3H3,(H,11,16)(H,12,15). The molecule has 1 aromatic rings. The molecular weight excluding hydrogens is 226 g/mol. The summed E-state index contributed by atoms with van der Waals surface area (Å²) < 4.78 is 6.27. The number of carbonyl (C=O) groups is 1. The van der Waals surface area contributed by atoms with Gasteiger partial charge in [0.2, 0.25) is 5.88 Å². The maximum atomic E-state index is 11.3. The molecule has 3 N–H and O–H groups in total. The lowest BCUT2D eigenvalue weighted by Gasteiger charge is -2.19. The van der Waals surface area contributed by atoms with Crippen LogP contribution < -0.4 is 11.0 Å². The van der Waals surface area contributed by atoms with Crippen LogP contribution >= 0.6 is 0 Å². The van der Waals surface area contributed by atoms with Crippen molar-refractivity contribution < 1.29 is 14.6 Å². The molecule has 96 valence electrons. The highest BCUT2D eigenvalue weighted by molar-refractivity contribution is 5.67. The summed E-state index contributed by atoms with van der Waals surface area (Å²) in [5, 5.41) is 11.5. The summed E-state index contributed by atoms with van der Waals surface area (Å²) in [7, 11) is 0. The van der Waals surface area contributed by atoms with Crippen LogP contribution in [0.3, 0.4) is 0 Å². The van der Waals surface area contributed by atoms with Gasteiger partial charge in [0.1, 0.15) is 5.60 Å². The number of aromatic amines is 1. The molecule has 7 nitrogen and oxygen atoms in total. The maximum Gasteiger partial charge on any atom is 0.407 e. The summed E-state index contributed by atoms with van der Waals surface area (Å²) in [6.45, 7) is 5.80. The van der Waals surface area contributed by atoms with Gasteiger partial charge in [0.05, 0.1) is 6.20 Å². The van der Waals surface area contributed by atoms with Gasteiger partial charge in [-0.3, -0.25) is 9.55 Å². The molecule has 0 bridgehead atoms. The Morgan fingerprint density at radius 2 is 2.24 bits per heavy atom. The smallest absolute Gasteiger partial charge is 0.407 e. The Bertz CT molecular complexity index is 441. The Balaban J connectivity index is 2.36. The molecule has 0 saturated heterocycles. The third-order valence-corrected chi connectivity index (χ3v) is 1.79. The fourth-order valence-corrected chi connectivity index (χ4v) is 1.18. The average molecular weight is 243 g/mol. The molecule has 1 amide bonds. The first-order chi connectivity index (χ1) is 7.78. The van der Waals surface area contributed by atoms with Crippen molar-refractivity contribution in [2.75, 3.05) is 6.54 Å². The second-order valence-electron chi connectivity index (χ2n) is 4.57. The summed E-state index contributed by atoms with van der Waals surface area (Å²) in [6.07, 6.45) is 0.726. The second-order valence-corrected chi connectivity index (χ2v) is 4.57. The van der Waals surface area contributed by atoms with Gasteiger partial charge >= 0.3 is 11.8 Å². The van der Waals surface area contributed by atoms with Crippen LogP contribution in [0.4, 0.5) is 4.79 Å². The summed E-state index contributed by atoms with van der Waals surface area (Å²) in [4.78, 5) is 24.6. The van der Waals surface area contributed by atoms with Crippen molar-refractivity contribution in [1.29, 1.82) is 0 Å². The monoisotopic (exact) mass is 243 g/mol. The van der Waals surface area contributed by atoms with Crippen LogP contribution in [-0.2, 0) is 11.3 Å². The minimum Gasteiger partial charge on any atom is -0.493 e. The molecule has 0 aliphatic heterocycles. The van der Waals surface area contributed by atoms with Gasteiger partial charge in [-0.05, 0) is 20.8 Å². The van der Waals surface area contributed by atoms with Gasteiger partial charge in [0.25, 0.3) is 0 Å². The van der Waals surface area contributed by atoms with Gasteiger partial charge in [-0.1, -0.05) is 0 Å². The topological polar surface area (TPSA) is 96.3 Å². The van der Waals surface area contributed by atoms with E-state index in [1.165, 1.54) is 10.8 Å². The molecule has 0 unspecified atom stereocenters. The lowest BCUT2D eigenvalue weighted by molar-refractivity contribution is 0.0526. The Morgan fingerprint density at radius 1 is 1.59 bits per heavy atom. The predicted molar refractivity (Wildman–Crippen MR) is 61.0 cm³/mol. The van der Waals surface area contributed by atoms with Gasteiger partial charge in [-0.2, -0.15) is 0 Å². The largest absolute Gasteiger partial charge is 0.493 e. The van der Waals surface area contributed by atoms with E-state index in [4.69, 9.17) is 9.84 Å². The highest BCUT2D eigenvalue weighted by Crippen LogP contribution is 2.06. The van der Waals surface area contributed by atoms with Crippen molar-refractivity contribution in [2.45, 2.75) is 32.9 Å². The van der Waals surface area contributed by atoms with Crippen LogP contribution in [0.5, 0.6) is 5.88 Å². The Kier molecular flexibility index (Phi) is 3.82. The van der Waals surface area contributed by atoms with Crippen LogP contribution in [0, 0.1) is 0 Å².